The third kappa shape index (κ3) is 5.81. The highest BCUT2D eigenvalue weighted by atomic mass is 16.6. The van der Waals surface area contributed by atoms with Crippen LogP contribution in [0.4, 0.5) is 5.69 Å². The van der Waals surface area contributed by atoms with Crippen molar-refractivity contribution in [2.75, 3.05) is 31.6 Å². The van der Waals surface area contributed by atoms with Gasteiger partial charge in [-0.25, -0.2) is 0 Å². The minimum atomic E-state index is -0.454. The van der Waals surface area contributed by atoms with E-state index in [1.165, 1.54) is 5.56 Å². The molecule has 7 heteroatoms. The lowest BCUT2D eigenvalue weighted by atomic mass is 9.89. The third-order valence-corrected chi connectivity index (χ3v) is 5.79. The smallest absolute Gasteiger partial charge is 0.320 e. The summed E-state index contributed by atoms with van der Waals surface area (Å²) in [5, 5.41) is 2.43. The number of nitrogens with zero attached hydrogens (tertiary/aromatic N) is 2. The molecule has 0 radical (unpaired) electrons. The van der Waals surface area contributed by atoms with Gasteiger partial charge < -0.3 is 9.64 Å². The van der Waals surface area contributed by atoms with Crippen molar-refractivity contribution in [1.82, 2.24) is 10.2 Å². The van der Waals surface area contributed by atoms with Gasteiger partial charge in [0.05, 0.1) is 6.54 Å². The summed E-state index contributed by atoms with van der Waals surface area (Å²) >= 11 is 0. The Hall–Kier alpha value is -2.41. The van der Waals surface area contributed by atoms with Gasteiger partial charge in [0.1, 0.15) is 11.6 Å². The molecule has 0 saturated carbocycles. The number of imide groups is 1. The summed E-state index contributed by atoms with van der Waals surface area (Å²) in [7, 11) is 1.91. The van der Waals surface area contributed by atoms with E-state index in [1.54, 1.807) is 0 Å². The molecule has 7 nitrogen and oxygen atoms in total. The fourth-order valence-corrected chi connectivity index (χ4v) is 4.21. The summed E-state index contributed by atoms with van der Waals surface area (Å²) in [6.07, 6.45) is 2.87. The molecule has 2 amide bonds. The Kier molecular flexibility index (Phi) is 6.81. The van der Waals surface area contributed by atoms with Gasteiger partial charge in [0.15, 0.2) is 0 Å². The van der Waals surface area contributed by atoms with Crippen LogP contribution >= 0.6 is 0 Å². The highest BCUT2D eigenvalue weighted by molar-refractivity contribution is 6.01. The largest absolute Gasteiger partial charge is 0.459 e. The number of likely N-dealkylation sites (tertiary alicyclic amines) is 1. The molecule has 2 aliphatic rings. The number of anilines is 1. The Bertz CT molecular complexity index is 794. The summed E-state index contributed by atoms with van der Waals surface area (Å²) in [4.78, 5) is 39.8. The second-order valence-electron chi connectivity index (χ2n) is 9.31. The maximum atomic E-state index is 12.2. The number of piperidine rings is 2. The number of benzene rings is 1. The van der Waals surface area contributed by atoms with Crippen LogP contribution in [0.2, 0.25) is 0 Å². The van der Waals surface area contributed by atoms with Crippen molar-refractivity contribution >= 4 is 23.5 Å². The Morgan fingerprint density at radius 2 is 1.90 bits per heavy atom. The predicted molar refractivity (Wildman–Crippen MR) is 115 cm³/mol. The Labute approximate surface area is 178 Å². The lowest BCUT2D eigenvalue weighted by molar-refractivity contribution is -0.156. The summed E-state index contributed by atoms with van der Waals surface area (Å²) in [5.41, 5.74) is 1.78. The zero-order valence-electron chi connectivity index (χ0n) is 18.4. The van der Waals surface area contributed by atoms with E-state index < -0.39 is 5.60 Å². The fraction of sp³-hybridized carbons (Fsp3) is 0.609. The van der Waals surface area contributed by atoms with Crippen LogP contribution in [0.3, 0.4) is 0 Å². The lowest BCUT2D eigenvalue weighted by Gasteiger charge is -2.34. The number of ether oxygens (including phenoxy) is 1. The molecule has 0 spiro atoms. The predicted octanol–water partition coefficient (Wildman–Crippen LogP) is 2.45. The molecule has 1 atom stereocenters. The summed E-state index contributed by atoms with van der Waals surface area (Å²) in [6, 6.07) is 7.99. The maximum absolute atomic E-state index is 12.2. The van der Waals surface area contributed by atoms with Gasteiger partial charge in [-0.3, -0.25) is 24.6 Å². The summed E-state index contributed by atoms with van der Waals surface area (Å²) in [5.74, 6) is -0.171. The number of hydrogen-bond acceptors (Lipinski definition) is 6. The van der Waals surface area contributed by atoms with Crippen LogP contribution in [-0.2, 0) is 19.1 Å². The topological polar surface area (TPSA) is 79.0 Å². The van der Waals surface area contributed by atoms with Crippen molar-refractivity contribution in [3.63, 3.8) is 0 Å². The van der Waals surface area contributed by atoms with Gasteiger partial charge in [-0.15, -0.1) is 0 Å². The molecule has 2 saturated heterocycles. The molecule has 30 heavy (non-hydrogen) atoms. The number of likely N-dealkylation sites (N-methyl/N-ethyl adjacent to an activating group) is 1. The van der Waals surface area contributed by atoms with Crippen LogP contribution in [0.5, 0.6) is 0 Å². The van der Waals surface area contributed by atoms with E-state index in [4.69, 9.17) is 4.74 Å². The zero-order valence-corrected chi connectivity index (χ0v) is 18.4. The number of carbonyl (C=O) groups is 3. The monoisotopic (exact) mass is 415 g/mol. The van der Waals surface area contributed by atoms with Crippen LogP contribution in [0.15, 0.2) is 24.3 Å². The minimum Gasteiger partial charge on any atom is -0.459 e. The summed E-state index contributed by atoms with van der Waals surface area (Å²) in [6.45, 7) is 7.71. The number of amides is 2. The van der Waals surface area contributed by atoms with Crippen molar-refractivity contribution in [1.29, 1.82) is 0 Å². The number of esters is 1. The molecule has 1 N–H and O–H groups in total. The van der Waals surface area contributed by atoms with E-state index in [2.05, 4.69) is 22.3 Å². The second-order valence-corrected chi connectivity index (χ2v) is 9.31. The molecule has 164 valence electrons. The highest BCUT2D eigenvalue weighted by Crippen LogP contribution is 2.31. The van der Waals surface area contributed by atoms with Gasteiger partial charge in [0, 0.05) is 19.2 Å². The van der Waals surface area contributed by atoms with E-state index in [-0.39, 0.29) is 23.8 Å². The lowest BCUT2D eigenvalue weighted by Crippen LogP contribution is -2.51. The van der Waals surface area contributed by atoms with Gasteiger partial charge in [-0.2, -0.15) is 0 Å². The molecular weight excluding hydrogens is 382 g/mol. The van der Waals surface area contributed by atoms with E-state index in [9.17, 15) is 14.4 Å². The normalized spacial score (nSPS) is 21.3. The van der Waals surface area contributed by atoms with Crippen LogP contribution in [0.25, 0.3) is 0 Å². The minimum absolute atomic E-state index is 0.172. The van der Waals surface area contributed by atoms with Crippen LogP contribution in [0, 0.1) is 0 Å². The molecular formula is C23H33N3O4. The number of carbonyl (C=O) groups excluding carboxylic acids is 3. The first-order chi connectivity index (χ1) is 14.1. The molecule has 1 unspecified atom stereocenters. The molecule has 1 aromatic rings. The van der Waals surface area contributed by atoms with Gasteiger partial charge >= 0.3 is 5.97 Å². The highest BCUT2D eigenvalue weighted by Gasteiger charge is 2.30. The van der Waals surface area contributed by atoms with E-state index in [0.717, 1.165) is 31.6 Å². The third-order valence-electron chi connectivity index (χ3n) is 5.79. The number of nitrogens with one attached hydrogen (secondary N) is 1. The molecule has 0 aromatic heterocycles. The average molecular weight is 416 g/mol. The van der Waals surface area contributed by atoms with Crippen LogP contribution in [0.1, 0.15) is 57.9 Å². The van der Waals surface area contributed by atoms with Crippen molar-refractivity contribution in [2.24, 2.45) is 0 Å². The van der Waals surface area contributed by atoms with E-state index in [1.807, 2.05) is 44.9 Å². The zero-order chi connectivity index (χ0) is 21.9. The first-order valence-corrected chi connectivity index (χ1v) is 10.7. The van der Waals surface area contributed by atoms with Crippen LogP contribution < -0.4 is 10.2 Å². The SMILES string of the molecule is CN(c1cccc(C2CCN(CC(=O)OC(C)(C)C)CC2)c1)C1CCC(=O)NC1=O. The van der Waals surface area contributed by atoms with E-state index in [0.29, 0.717) is 25.3 Å². The van der Waals surface area contributed by atoms with Crippen molar-refractivity contribution < 1.29 is 19.1 Å². The molecule has 0 bridgehead atoms. The second kappa shape index (κ2) is 9.16. The quantitative estimate of drug-likeness (QED) is 0.588. The molecule has 3 rings (SSSR count). The Morgan fingerprint density at radius 3 is 2.53 bits per heavy atom. The molecule has 1 aromatic carbocycles. The van der Waals surface area contributed by atoms with Gasteiger partial charge in [0.25, 0.3) is 0 Å². The standard InChI is InChI=1S/C23H33N3O4/c1-23(2,3)30-21(28)15-26-12-10-16(11-13-26)17-6-5-7-18(14-17)25(4)19-8-9-20(27)24-22(19)29/h5-7,14,16,19H,8-13,15H2,1-4H3,(H,24,27,29). The van der Waals surface area contributed by atoms with Crippen molar-refractivity contribution in [2.45, 2.75) is 64.0 Å². The van der Waals surface area contributed by atoms with Crippen molar-refractivity contribution in [3.05, 3.63) is 29.8 Å². The number of rotatable bonds is 5. The molecule has 2 heterocycles. The first-order valence-electron chi connectivity index (χ1n) is 10.7. The average Bonchev–Trinajstić information content (AvgIpc) is 2.67. The van der Waals surface area contributed by atoms with Gasteiger partial charge in [-0.1, -0.05) is 12.1 Å². The Morgan fingerprint density at radius 1 is 1.20 bits per heavy atom. The van der Waals surface area contributed by atoms with Crippen molar-refractivity contribution in [3.8, 4) is 0 Å². The van der Waals surface area contributed by atoms with Crippen LogP contribution in [-0.4, -0.2) is 61.0 Å². The molecule has 0 aliphatic carbocycles. The number of hydrogen-bond donors (Lipinski definition) is 1. The molecule has 2 aliphatic heterocycles. The maximum Gasteiger partial charge on any atom is 0.320 e. The molecule has 2 fully saturated rings. The Balaban J connectivity index is 1.57. The van der Waals surface area contributed by atoms with Gasteiger partial charge in [0.2, 0.25) is 11.8 Å². The summed E-state index contributed by atoms with van der Waals surface area (Å²) < 4.78 is 5.43. The first kappa shape index (κ1) is 22.3. The van der Waals surface area contributed by atoms with Gasteiger partial charge in [-0.05, 0) is 76.7 Å². The fourth-order valence-electron chi connectivity index (χ4n) is 4.21. The van der Waals surface area contributed by atoms with E-state index >= 15 is 0 Å².